The number of aliphatic hydroxyl groups is 1. The topological polar surface area (TPSA) is 69.6 Å². The molecule has 0 fully saturated rings. The molecule has 0 amide bonds. The quantitative estimate of drug-likeness (QED) is 0.495. The van der Waals surface area contributed by atoms with E-state index in [0.29, 0.717) is 13.0 Å². The molecule has 2 rings (SSSR count). The molecule has 1 heterocycles. The van der Waals surface area contributed by atoms with Gasteiger partial charge < -0.3 is 5.11 Å². The van der Waals surface area contributed by atoms with Crippen LogP contribution in [0.2, 0.25) is 0 Å². The van der Waals surface area contributed by atoms with Crippen LogP contribution in [0.15, 0.2) is 11.4 Å². The average molecular weight is 387 g/mol. The van der Waals surface area contributed by atoms with Crippen LogP contribution in [-0.4, -0.2) is 49.5 Å². The highest BCUT2D eigenvalue weighted by atomic mass is 32.2. The molecular formula is C18H30N2O3S2. The van der Waals surface area contributed by atoms with E-state index in [9.17, 15) is 13.5 Å². The summed E-state index contributed by atoms with van der Waals surface area (Å²) in [5.41, 5.74) is 1.37. The predicted octanol–water partition coefficient (Wildman–Crippen LogP) is 1.22. The molecule has 0 aliphatic heterocycles. The van der Waals surface area contributed by atoms with Crippen LogP contribution < -0.4 is 14.5 Å². The van der Waals surface area contributed by atoms with Crippen molar-refractivity contribution < 1.29 is 13.5 Å². The first kappa shape index (κ1) is 20.6. The third kappa shape index (κ3) is 5.37. The number of rotatable bonds is 9. The first-order chi connectivity index (χ1) is 11.7. The highest BCUT2D eigenvalue weighted by Gasteiger charge is 2.22. The van der Waals surface area contributed by atoms with Gasteiger partial charge in [0.05, 0.1) is 5.25 Å². The van der Waals surface area contributed by atoms with Gasteiger partial charge in [0.25, 0.3) is 0 Å². The number of hydrogen-bond donors (Lipinski definition) is 2. The molecule has 2 unspecified atom stereocenters. The van der Waals surface area contributed by atoms with Crippen molar-refractivity contribution in [1.82, 2.24) is 9.62 Å². The van der Waals surface area contributed by atoms with Gasteiger partial charge in [0.1, 0.15) is 6.23 Å². The largest absolute Gasteiger partial charge is 0.378 e. The van der Waals surface area contributed by atoms with Gasteiger partial charge in [-0.2, -0.15) is 0 Å². The second kappa shape index (κ2) is 8.77. The molecular weight excluding hydrogens is 356 g/mol. The van der Waals surface area contributed by atoms with Crippen LogP contribution in [-0.2, 0) is 10.0 Å². The lowest BCUT2D eigenvalue weighted by molar-refractivity contribution is 0.00196. The zero-order chi connectivity index (χ0) is 18.6. The van der Waals surface area contributed by atoms with Crippen molar-refractivity contribution in [2.45, 2.75) is 64.0 Å². The number of nitrogens with one attached hydrogen (secondary N) is 1. The van der Waals surface area contributed by atoms with Crippen molar-refractivity contribution >= 4 is 33.0 Å². The number of unbranched alkanes of at least 4 members (excludes halogenated alkanes) is 1. The second-order valence-electron chi connectivity index (χ2n) is 7.05. The fourth-order valence-electron chi connectivity index (χ4n) is 2.99. The molecule has 7 heteroatoms. The van der Waals surface area contributed by atoms with Gasteiger partial charge in [0.15, 0.2) is 0 Å². The SMILES string of the molecule is CC1=c2sccc2=CC(N(C)C(O)CCCCNS(=O)(=O)C(C)C)C1. The number of hydrogen-bond acceptors (Lipinski definition) is 5. The van der Waals surface area contributed by atoms with Crippen molar-refractivity contribution in [3.8, 4) is 0 Å². The van der Waals surface area contributed by atoms with E-state index in [1.54, 1.807) is 25.2 Å². The second-order valence-corrected chi connectivity index (χ2v) is 10.3. The molecule has 0 aromatic carbocycles. The van der Waals surface area contributed by atoms with Crippen LogP contribution in [0, 0.1) is 0 Å². The number of sulfonamides is 1. The molecule has 0 bridgehead atoms. The minimum absolute atomic E-state index is 0.205. The molecule has 142 valence electrons. The van der Waals surface area contributed by atoms with Gasteiger partial charge in [-0.3, -0.25) is 4.90 Å². The Morgan fingerprint density at radius 2 is 2.12 bits per heavy atom. The van der Waals surface area contributed by atoms with E-state index >= 15 is 0 Å². The molecule has 25 heavy (non-hydrogen) atoms. The summed E-state index contributed by atoms with van der Waals surface area (Å²) in [6, 6.07) is 2.34. The summed E-state index contributed by atoms with van der Waals surface area (Å²) in [7, 11) is -1.23. The first-order valence-electron chi connectivity index (χ1n) is 8.86. The van der Waals surface area contributed by atoms with E-state index < -0.39 is 21.5 Å². The maximum Gasteiger partial charge on any atom is 0.213 e. The summed E-state index contributed by atoms with van der Waals surface area (Å²) in [6.45, 7) is 5.92. The molecule has 1 aliphatic rings. The predicted molar refractivity (Wildman–Crippen MR) is 105 cm³/mol. The molecule has 0 saturated heterocycles. The van der Waals surface area contributed by atoms with E-state index in [-0.39, 0.29) is 6.04 Å². The molecule has 5 nitrogen and oxygen atoms in total. The first-order valence-corrected chi connectivity index (χ1v) is 11.3. The molecule has 0 saturated carbocycles. The van der Waals surface area contributed by atoms with Crippen LogP contribution in [0.3, 0.4) is 0 Å². The van der Waals surface area contributed by atoms with Gasteiger partial charge in [0.2, 0.25) is 10.0 Å². The van der Waals surface area contributed by atoms with Gasteiger partial charge in [-0.1, -0.05) is 11.6 Å². The Morgan fingerprint density at radius 1 is 1.40 bits per heavy atom. The summed E-state index contributed by atoms with van der Waals surface area (Å²) in [6.07, 6.45) is 4.81. The smallest absolute Gasteiger partial charge is 0.213 e. The van der Waals surface area contributed by atoms with E-state index in [1.807, 2.05) is 11.9 Å². The lowest BCUT2D eigenvalue weighted by atomic mass is 10.00. The van der Waals surface area contributed by atoms with Gasteiger partial charge in [-0.15, -0.1) is 11.3 Å². The molecule has 1 aromatic heterocycles. The summed E-state index contributed by atoms with van der Waals surface area (Å²) in [4.78, 5) is 2.02. The number of nitrogens with zero attached hydrogens (tertiary/aromatic N) is 1. The Morgan fingerprint density at radius 3 is 2.80 bits per heavy atom. The Bertz CT molecular complexity index is 783. The summed E-state index contributed by atoms with van der Waals surface area (Å²) in [5.74, 6) is 0. The summed E-state index contributed by atoms with van der Waals surface area (Å²) < 4.78 is 27.3. The van der Waals surface area contributed by atoms with Crippen molar-refractivity contribution in [2.75, 3.05) is 13.6 Å². The Balaban J connectivity index is 1.79. The minimum Gasteiger partial charge on any atom is -0.378 e. The maximum absolute atomic E-state index is 11.7. The normalized spacial score (nSPS) is 19.2. The fraction of sp³-hybridized carbons (Fsp3) is 0.667. The van der Waals surface area contributed by atoms with Crippen LogP contribution >= 0.6 is 11.3 Å². The van der Waals surface area contributed by atoms with E-state index in [1.165, 1.54) is 15.3 Å². The zero-order valence-corrected chi connectivity index (χ0v) is 17.2. The van der Waals surface area contributed by atoms with Crippen molar-refractivity contribution in [2.24, 2.45) is 0 Å². The minimum atomic E-state index is -3.19. The third-order valence-corrected chi connectivity index (χ3v) is 7.72. The van der Waals surface area contributed by atoms with Crippen molar-refractivity contribution in [3.63, 3.8) is 0 Å². The lowest BCUT2D eigenvalue weighted by Crippen LogP contribution is -2.43. The third-order valence-electron chi connectivity index (χ3n) is 4.78. The molecule has 1 aromatic rings. The van der Waals surface area contributed by atoms with Gasteiger partial charge in [0, 0.05) is 17.1 Å². The molecule has 1 aliphatic carbocycles. The zero-order valence-electron chi connectivity index (χ0n) is 15.5. The summed E-state index contributed by atoms with van der Waals surface area (Å²) in [5, 5.41) is 13.4. The van der Waals surface area contributed by atoms with Crippen LogP contribution in [0.5, 0.6) is 0 Å². The Hall–Kier alpha value is -0.730. The van der Waals surface area contributed by atoms with E-state index in [4.69, 9.17) is 0 Å². The molecule has 2 atom stereocenters. The number of thiophene rings is 1. The molecule has 0 spiro atoms. The molecule has 0 radical (unpaired) electrons. The number of fused-ring (bicyclic) bond motifs is 1. The maximum atomic E-state index is 11.7. The Kier molecular flexibility index (Phi) is 7.22. The van der Waals surface area contributed by atoms with Crippen LogP contribution in [0.1, 0.15) is 46.5 Å². The molecule has 2 N–H and O–H groups in total. The lowest BCUT2D eigenvalue weighted by Gasteiger charge is -2.31. The fourth-order valence-corrected chi connectivity index (χ4v) is 4.66. The van der Waals surface area contributed by atoms with Gasteiger partial charge in [-0.05, 0) is 70.2 Å². The van der Waals surface area contributed by atoms with E-state index in [2.05, 4.69) is 29.2 Å². The van der Waals surface area contributed by atoms with Crippen LogP contribution in [0.25, 0.3) is 11.6 Å². The van der Waals surface area contributed by atoms with Crippen molar-refractivity contribution in [1.29, 1.82) is 0 Å². The average Bonchev–Trinajstić information content (AvgIpc) is 3.02. The van der Waals surface area contributed by atoms with Crippen LogP contribution in [0.4, 0.5) is 0 Å². The van der Waals surface area contributed by atoms with Gasteiger partial charge >= 0.3 is 0 Å². The van der Waals surface area contributed by atoms with Gasteiger partial charge in [-0.25, -0.2) is 13.1 Å². The monoisotopic (exact) mass is 386 g/mol. The number of aliphatic hydroxyl groups excluding tert-OH is 1. The highest BCUT2D eigenvalue weighted by Crippen LogP contribution is 2.18. The highest BCUT2D eigenvalue weighted by molar-refractivity contribution is 7.90. The Labute approximate surface area is 155 Å². The van der Waals surface area contributed by atoms with Crippen molar-refractivity contribution in [3.05, 3.63) is 21.2 Å². The standard InChI is InChI=1S/C18H30N2O3S2/c1-13(2)25(22,23)19-9-6-5-7-17(21)20(4)16-11-14(3)18-15(12-16)8-10-24-18/h8,10,12-13,16-17,19,21H,5-7,9,11H2,1-4H3. The van der Waals surface area contributed by atoms with E-state index in [0.717, 1.165) is 19.3 Å². The summed E-state index contributed by atoms with van der Waals surface area (Å²) >= 11 is 1.77.